The first-order chi connectivity index (χ1) is 25.8. The van der Waals surface area contributed by atoms with Crippen LogP contribution >= 0.6 is 23.2 Å². The number of carbonyl (C=O) groups is 4. The van der Waals surface area contributed by atoms with Gasteiger partial charge < -0.3 is 10.0 Å². The standard InChI is InChI=1S/C41H34Cl2FN5O5/c1-22-5-4-6-31(35(22)50)34-29-19-20-30-33(32(29)21-40(42)38(53)49(39(54)41(34,40)43)28-13-7-23(44)8-14-28)37(52)48(36(30)51)27-17-11-25(12-18-27)46-45-24-9-15-26(16-10-24)47(2)3/h4-19,30,32-34,50H,20-21H2,1-3H3. The van der Waals surface area contributed by atoms with Gasteiger partial charge in [0.1, 0.15) is 11.6 Å². The molecule has 2 heterocycles. The van der Waals surface area contributed by atoms with E-state index in [2.05, 4.69) is 10.2 Å². The third-order valence-electron chi connectivity index (χ3n) is 11.2. The number of alkyl halides is 2. The Morgan fingerprint density at radius 1 is 0.778 bits per heavy atom. The van der Waals surface area contributed by atoms with Gasteiger partial charge in [-0.3, -0.25) is 24.1 Å². The number of allylic oxidation sites excluding steroid dienone is 2. The van der Waals surface area contributed by atoms with Crippen molar-refractivity contribution < 1.29 is 28.7 Å². The second kappa shape index (κ2) is 12.9. The van der Waals surface area contributed by atoms with Crippen LogP contribution in [0, 0.1) is 30.5 Å². The van der Waals surface area contributed by atoms with E-state index in [1.807, 2.05) is 43.3 Å². The number of fused-ring (bicyclic) bond motifs is 4. The van der Waals surface area contributed by atoms with Gasteiger partial charge in [0.25, 0.3) is 11.8 Å². The predicted octanol–water partition coefficient (Wildman–Crippen LogP) is 8.09. The number of rotatable bonds is 6. The Morgan fingerprint density at radius 3 is 2.00 bits per heavy atom. The molecule has 6 unspecified atom stereocenters. The molecule has 0 radical (unpaired) electrons. The Balaban J connectivity index is 1.15. The van der Waals surface area contributed by atoms with Gasteiger partial charge in [0.2, 0.25) is 11.8 Å². The fourth-order valence-corrected chi connectivity index (χ4v) is 9.44. The Morgan fingerprint density at radius 2 is 1.37 bits per heavy atom. The van der Waals surface area contributed by atoms with Crippen LogP contribution in [0.2, 0.25) is 0 Å². The van der Waals surface area contributed by atoms with Crippen molar-refractivity contribution in [2.75, 3.05) is 28.8 Å². The number of azo groups is 1. The van der Waals surface area contributed by atoms with Crippen molar-refractivity contribution in [1.82, 2.24) is 0 Å². The topological polar surface area (TPSA) is 123 Å². The largest absolute Gasteiger partial charge is 0.507 e. The predicted molar refractivity (Wildman–Crippen MR) is 203 cm³/mol. The average molecular weight is 767 g/mol. The van der Waals surface area contributed by atoms with Crippen LogP contribution in [-0.2, 0) is 19.2 Å². The normalized spacial score (nSPS) is 27.6. The number of phenolic OH excluding ortho intramolecular Hbond substituents is 1. The van der Waals surface area contributed by atoms with Crippen molar-refractivity contribution >= 4 is 75.3 Å². The van der Waals surface area contributed by atoms with Crippen LogP contribution in [0.1, 0.15) is 29.9 Å². The lowest BCUT2D eigenvalue weighted by molar-refractivity contribution is -0.125. The maximum Gasteiger partial charge on any atom is 0.258 e. The van der Waals surface area contributed by atoms with Gasteiger partial charge in [-0.25, -0.2) is 9.29 Å². The highest BCUT2D eigenvalue weighted by Gasteiger charge is 2.77. The third-order valence-corrected chi connectivity index (χ3v) is 12.6. The van der Waals surface area contributed by atoms with E-state index < -0.39 is 62.9 Å². The van der Waals surface area contributed by atoms with E-state index in [1.54, 1.807) is 55.5 Å². The van der Waals surface area contributed by atoms with E-state index in [1.165, 1.54) is 12.1 Å². The fraction of sp³-hybridized carbons (Fsp3) is 0.268. The van der Waals surface area contributed by atoms with Crippen LogP contribution < -0.4 is 14.7 Å². The lowest BCUT2D eigenvalue weighted by Gasteiger charge is -2.50. The minimum absolute atomic E-state index is 0.0754. The SMILES string of the molecule is Cc1cccc(C2C3=CCC4C(=O)N(c5ccc(N=Nc6ccc(N(C)C)cc6)cc5)C(=O)C4C3CC3(Cl)C(=O)N(c4ccc(F)cc4)C(=O)C23Cl)c1O. The molecule has 4 aromatic carbocycles. The second-order valence-corrected chi connectivity index (χ2v) is 15.6. The molecule has 1 N–H and O–H groups in total. The number of hydrogen-bond acceptors (Lipinski definition) is 8. The molecule has 54 heavy (non-hydrogen) atoms. The number of aryl methyl sites for hydroxylation is 1. The number of phenols is 1. The second-order valence-electron chi connectivity index (χ2n) is 14.4. The van der Waals surface area contributed by atoms with Crippen LogP contribution in [0.5, 0.6) is 5.75 Å². The number of carbonyl (C=O) groups excluding carboxylic acids is 4. The molecule has 2 saturated heterocycles. The Labute approximate surface area is 320 Å². The van der Waals surface area contributed by atoms with E-state index >= 15 is 0 Å². The summed E-state index contributed by atoms with van der Waals surface area (Å²) in [6, 6.07) is 24.0. The molecule has 0 bridgehead atoms. The summed E-state index contributed by atoms with van der Waals surface area (Å²) >= 11 is 14.8. The van der Waals surface area contributed by atoms with Crippen molar-refractivity contribution in [3.63, 3.8) is 0 Å². The number of anilines is 3. The van der Waals surface area contributed by atoms with E-state index in [0.717, 1.165) is 27.6 Å². The first kappa shape index (κ1) is 35.6. The van der Waals surface area contributed by atoms with E-state index in [9.17, 15) is 28.7 Å². The summed E-state index contributed by atoms with van der Waals surface area (Å²) in [5.74, 6) is -6.90. The minimum atomic E-state index is -2.15. The minimum Gasteiger partial charge on any atom is -0.507 e. The summed E-state index contributed by atoms with van der Waals surface area (Å²) in [7, 11) is 3.89. The van der Waals surface area contributed by atoms with Gasteiger partial charge >= 0.3 is 0 Å². The summed E-state index contributed by atoms with van der Waals surface area (Å²) in [4.78, 5) is 57.3. The zero-order valence-corrected chi connectivity index (χ0v) is 30.9. The Hall–Kier alpha value is -5.39. The van der Waals surface area contributed by atoms with Gasteiger partial charge in [0, 0.05) is 31.3 Å². The van der Waals surface area contributed by atoms with Crippen LogP contribution in [-0.4, -0.2) is 52.6 Å². The van der Waals surface area contributed by atoms with Crippen molar-refractivity contribution in [1.29, 1.82) is 0 Å². The lowest BCUT2D eigenvalue weighted by atomic mass is 9.56. The fourth-order valence-electron chi connectivity index (χ4n) is 8.51. The summed E-state index contributed by atoms with van der Waals surface area (Å²) in [6.07, 6.45) is 1.73. The van der Waals surface area contributed by atoms with Crippen LogP contribution in [0.3, 0.4) is 0 Å². The number of para-hydroxylation sites is 1. The monoisotopic (exact) mass is 765 g/mol. The van der Waals surface area contributed by atoms with Gasteiger partial charge in [-0.1, -0.05) is 29.8 Å². The van der Waals surface area contributed by atoms with Gasteiger partial charge in [0.15, 0.2) is 9.75 Å². The van der Waals surface area contributed by atoms with Gasteiger partial charge in [-0.2, -0.15) is 10.2 Å². The summed E-state index contributed by atoms with van der Waals surface area (Å²) < 4.78 is 13.9. The van der Waals surface area contributed by atoms with Gasteiger partial charge in [-0.05, 0) is 104 Å². The molecular weight excluding hydrogens is 732 g/mol. The number of benzene rings is 4. The number of imide groups is 2. The maximum atomic E-state index is 14.5. The van der Waals surface area contributed by atoms with Crippen molar-refractivity contribution in [3.8, 4) is 5.75 Å². The third kappa shape index (κ3) is 5.20. The lowest BCUT2D eigenvalue weighted by Crippen LogP contribution is -2.60. The number of nitrogens with zero attached hydrogens (tertiary/aromatic N) is 5. The highest BCUT2D eigenvalue weighted by Crippen LogP contribution is 2.66. The van der Waals surface area contributed by atoms with Crippen LogP contribution in [0.15, 0.2) is 113 Å². The highest BCUT2D eigenvalue weighted by molar-refractivity contribution is 6.58. The molecule has 4 amide bonds. The molecule has 0 aromatic heterocycles. The van der Waals surface area contributed by atoms with Crippen molar-refractivity contribution in [2.24, 2.45) is 28.0 Å². The number of hydrogen-bond donors (Lipinski definition) is 1. The average Bonchev–Trinajstić information content (AvgIpc) is 3.50. The smallest absolute Gasteiger partial charge is 0.258 e. The summed E-state index contributed by atoms with van der Waals surface area (Å²) in [6.45, 7) is 1.69. The molecule has 0 spiro atoms. The molecule has 2 aliphatic heterocycles. The molecule has 10 nitrogen and oxygen atoms in total. The number of amides is 4. The molecule has 4 aromatic rings. The zero-order valence-electron chi connectivity index (χ0n) is 29.4. The highest BCUT2D eigenvalue weighted by atomic mass is 35.5. The molecule has 274 valence electrons. The molecule has 13 heteroatoms. The molecule has 1 saturated carbocycles. The first-order valence-corrected chi connectivity index (χ1v) is 18.2. The van der Waals surface area contributed by atoms with Crippen molar-refractivity contribution in [2.45, 2.75) is 35.4 Å². The molecule has 6 atom stereocenters. The maximum absolute atomic E-state index is 14.5. The molecule has 3 fully saturated rings. The van der Waals surface area contributed by atoms with E-state index in [4.69, 9.17) is 23.2 Å². The summed E-state index contributed by atoms with van der Waals surface area (Å²) in [5.41, 5.74) is 3.93. The zero-order chi connectivity index (χ0) is 38.3. The first-order valence-electron chi connectivity index (χ1n) is 17.4. The van der Waals surface area contributed by atoms with Gasteiger partial charge in [0.05, 0.1) is 34.6 Å². The molecule has 4 aliphatic rings. The van der Waals surface area contributed by atoms with E-state index in [0.29, 0.717) is 28.2 Å². The molecule has 8 rings (SSSR count). The number of halogens is 3. The van der Waals surface area contributed by atoms with Gasteiger partial charge in [-0.15, -0.1) is 23.2 Å². The Bertz CT molecular complexity index is 2300. The molecular formula is C41H34Cl2FN5O5. The summed E-state index contributed by atoms with van der Waals surface area (Å²) in [5, 5.41) is 20.0. The van der Waals surface area contributed by atoms with Crippen molar-refractivity contribution in [3.05, 3.63) is 120 Å². The number of aromatic hydroxyl groups is 1. The van der Waals surface area contributed by atoms with Crippen LogP contribution in [0.4, 0.5) is 32.8 Å². The van der Waals surface area contributed by atoms with Crippen LogP contribution in [0.25, 0.3) is 0 Å². The quantitative estimate of drug-likeness (QED) is 0.0917. The van der Waals surface area contributed by atoms with E-state index in [-0.39, 0.29) is 29.8 Å². The molecule has 2 aliphatic carbocycles. The Kier molecular flexibility index (Phi) is 8.50.